The highest BCUT2D eigenvalue weighted by Gasteiger charge is 2.38. The van der Waals surface area contributed by atoms with E-state index < -0.39 is 0 Å². The Labute approximate surface area is 105 Å². The van der Waals surface area contributed by atoms with Gasteiger partial charge in [0.1, 0.15) is 0 Å². The molecule has 2 rings (SSSR count). The molecular formula is C14H26N2O. The third-order valence-corrected chi connectivity index (χ3v) is 4.94. The van der Waals surface area contributed by atoms with Crippen molar-refractivity contribution in [2.45, 2.75) is 46.0 Å². The molecule has 3 heteroatoms. The van der Waals surface area contributed by atoms with Crippen molar-refractivity contribution in [3.8, 4) is 0 Å². The predicted octanol–water partition coefficient (Wildman–Crippen LogP) is 2.02. The zero-order chi connectivity index (χ0) is 12.3. The standard InChI is InChI=1S/C14H26N2O/c1-3-14(4-2)7-10-16(11-14)13(17)12-5-8-15-9-6-12/h12,15H,3-11H2,1-2H3. The first-order chi connectivity index (χ1) is 8.21. The number of nitrogens with one attached hydrogen (secondary N) is 1. The zero-order valence-electron chi connectivity index (χ0n) is 11.3. The molecule has 2 aliphatic heterocycles. The minimum Gasteiger partial charge on any atom is -0.342 e. The molecule has 2 fully saturated rings. The highest BCUT2D eigenvalue weighted by molar-refractivity contribution is 5.79. The van der Waals surface area contributed by atoms with E-state index in [-0.39, 0.29) is 0 Å². The number of hydrogen-bond acceptors (Lipinski definition) is 2. The Bertz CT molecular complexity index is 267. The molecule has 2 aliphatic rings. The summed E-state index contributed by atoms with van der Waals surface area (Å²) in [5, 5.41) is 3.33. The minimum atomic E-state index is 0.292. The second kappa shape index (κ2) is 5.38. The molecule has 0 aromatic heterocycles. The number of carbonyl (C=O) groups is 1. The maximum Gasteiger partial charge on any atom is 0.225 e. The summed E-state index contributed by atoms with van der Waals surface area (Å²) in [5.41, 5.74) is 0.419. The topological polar surface area (TPSA) is 32.3 Å². The highest BCUT2D eigenvalue weighted by atomic mass is 16.2. The maximum absolute atomic E-state index is 12.4. The molecule has 3 nitrogen and oxygen atoms in total. The average Bonchev–Trinajstić information content (AvgIpc) is 2.84. The molecule has 1 amide bonds. The Morgan fingerprint density at radius 2 is 1.94 bits per heavy atom. The van der Waals surface area contributed by atoms with E-state index in [4.69, 9.17) is 0 Å². The van der Waals surface area contributed by atoms with Gasteiger partial charge in [-0.2, -0.15) is 0 Å². The monoisotopic (exact) mass is 238 g/mol. The smallest absolute Gasteiger partial charge is 0.225 e. The van der Waals surface area contributed by atoms with E-state index in [0.717, 1.165) is 39.0 Å². The van der Waals surface area contributed by atoms with Gasteiger partial charge in [0.05, 0.1) is 0 Å². The molecule has 0 aromatic rings. The van der Waals surface area contributed by atoms with Crippen LogP contribution in [0.1, 0.15) is 46.0 Å². The highest BCUT2D eigenvalue weighted by Crippen LogP contribution is 2.37. The Morgan fingerprint density at radius 3 is 2.47 bits per heavy atom. The van der Waals surface area contributed by atoms with Crippen LogP contribution in [-0.2, 0) is 4.79 Å². The van der Waals surface area contributed by atoms with Crippen molar-refractivity contribution in [1.29, 1.82) is 0 Å². The summed E-state index contributed by atoms with van der Waals surface area (Å²) in [5.74, 6) is 0.719. The molecule has 98 valence electrons. The van der Waals surface area contributed by atoms with E-state index in [1.807, 2.05) is 0 Å². The van der Waals surface area contributed by atoms with Crippen molar-refractivity contribution >= 4 is 5.91 Å². The van der Waals surface area contributed by atoms with E-state index in [2.05, 4.69) is 24.1 Å². The van der Waals surface area contributed by atoms with E-state index in [0.29, 0.717) is 17.2 Å². The second-order valence-corrected chi connectivity index (χ2v) is 5.74. The van der Waals surface area contributed by atoms with Crippen LogP contribution >= 0.6 is 0 Å². The molecule has 1 N–H and O–H groups in total. The summed E-state index contributed by atoms with van der Waals surface area (Å²) in [6.45, 7) is 8.55. The first kappa shape index (κ1) is 12.9. The summed E-state index contributed by atoms with van der Waals surface area (Å²) >= 11 is 0. The van der Waals surface area contributed by atoms with Crippen LogP contribution in [0, 0.1) is 11.3 Å². The van der Waals surface area contributed by atoms with E-state index in [9.17, 15) is 4.79 Å². The Morgan fingerprint density at radius 1 is 1.29 bits per heavy atom. The molecule has 2 saturated heterocycles. The molecule has 2 heterocycles. The van der Waals surface area contributed by atoms with E-state index in [1.54, 1.807) is 0 Å². The summed E-state index contributed by atoms with van der Waals surface area (Å²) in [4.78, 5) is 14.6. The summed E-state index contributed by atoms with van der Waals surface area (Å²) < 4.78 is 0. The number of hydrogen-bond donors (Lipinski definition) is 1. The van der Waals surface area contributed by atoms with E-state index in [1.165, 1.54) is 19.3 Å². The van der Waals surface area contributed by atoms with E-state index >= 15 is 0 Å². The number of rotatable bonds is 3. The fourth-order valence-electron chi connectivity index (χ4n) is 3.28. The molecule has 0 aromatic carbocycles. The van der Waals surface area contributed by atoms with Crippen LogP contribution in [0.5, 0.6) is 0 Å². The Kier molecular flexibility index (Phi) is 4.08. The van der Waals surface area contributed by atoms with Crippen molar-refractivity contribution in [1.82, 2.24) is 10.2 Å². The SMILES string of the molecule is CCC1(CC)CCN(C(=O)C2CCNCC2)C1. The third-order valence-electron chi connectivity index (χ3n) is 4.94. The molecule has 0 bridgehead atoms. The van der Waals surface area contributed by atoms with Crippen LogP contribution in [0.25, 0.3) is 0 Å². The lowest BCUT2D eigenvalue weighted by Crippen LogP contribution is -2.40. The van der Waals surface area contributed by atoms with Crippen LogP contribution < -0.4 is 5.32 Å². The number of amides is 1. The molecule has 0 aliphatic carbocycles. The molecule has 0 spiro atoms. The Hall–Kier alpha value is -0.570. The lowest BCUT2D eigenvalue weighted by atomic mass is 9.82. The molecule has 0 saturated carbocycles. The second-order valence-electron chi connectivity index (χ2n) is 5.74. The van der Waals surface area contributed by atoms with Gasteiger partial charge in [0.25, 0.3) is 0 Å². The van der Waals surface area contributed by atoms with Gasteiger partial charge >= 0.3 is 0 Å². The third kappa shape index (κ3) is 2.65. The normalized spacial score (nSPS) is 25.2. The van der Waals surface area contributed by atoms with Gasteiger partial charge in [-0.25, -0.2) is 0 Å². The van der Waals surface area contributed by atoms with Gasteiger partial charge in [-0.1, -0.05) is 13.8 Å². The molecule has 17 heavy (non-hydrogen) atoms. The van der Waals surface area contributed by atoms with Crippen molar-refractivity contribution < 1.29 is 4.79 Å². The largest absolute Gasteiger partial charge is 0.342 e. The van der Waals surface area contributed by atoms with Gasteiger partial charge in [-0.3, -0.25) is 4.79 Å². The van der Waals surface area contributed by atoms with Crippen molar-refractivity contribution in [3.05, 3.63) is 0 Å². The Balaban J connectivity index is 1.93. The molecule has 0 radical (unpaired) electrons. The van der Waals surface area contributed by atoms with Crippen LogP contribution in [0.3, 0.4) is 0 Å². The van der Waals surface area contributed by atoms with Crippen LogP contribution in [-0.4, -0.2) is 37.0 Å². The average molecular weight is 238 g/mol. The van der Waals surface area contributed by atoms with Crippen LogP contribution in [0.2, 0.25) is 0 Å². The van der Waals surface area contributed by atoms with Crippen molar-refractivity contribution in [2.75, 3.05) is 26.2 Å². The summed E-state index contributed by atoms with van der Waals surface area (Å²) in [7, 11) is 0. The van der Waals surface area contributed by atoms with Gasteiger partial charge in [-0.05, 0) is 50.6 Å². The summed E-state index contributed by atoms with van der Waals surface area (Å²) in [6.07, 6.45) is 5.68. The first-order valence-corrected chi connectivity index (χ1v) is 7.20. The number of likely N-dealkylation sites (tertiary alicyclic amines) is 1. The number of carbonyl (C=O) groups excluding carboxylic acids is 1. The predicted molar refractivity (Wildman–Crippen MR) is 69.8 cm³/mol. The quantitative estimate of drug-likeness (QED) is 0.816. The van der Waals surface area contributed by atoms with Gasteiger partial charge < -0.3 is 10.2 Å². The molecule has 0 unspecified atom stereocenters. The number of piperidine rings is 1. The van der Waals surface area contributed by atoms with Gasteiger partial charge in [0.15, 0.2) is 0 Å². The van der Waals surface area contributed by atoms with Gasteiger partial charge in [-0.15, -0.1) is 0 Å². The fraction of sp³-hybridized carbons (Fsp3) is 0.929. The van der Waals surface area contributed by atoms with Crippen molar-refractivity contribution in [3.63, 3.8) is 0 Å². The van der Waals surface area contributed by atoms with Gasteiger partial charge in [0, 0.05) is 19.0 Å². The first-order valence-electron chi connectivity index (χ1n) is 7.20. The van der Waals surface area contributed by atoms with Crippen molar-refractivity contribution in [2.24, 2.45) is 11.3 Å². The van der Waals surface area contributed by atoms with Crippen LogP contribution in [0.15, 0.2) is 0 Å². The van der Waals surface area contributed by atoms with Crippen LogP contribution in [0.4, 0.5) is 0 Å². The lowest BCUT2D eigenvalue weighted by molar-refractivity contribution is -0.135. The maximum atomic E-state index is 12.4. The fourth-order valence-corrected chi connectivity index (χ4v) is 3.28. The summed E-state index contributed by atoms with van der Waals surface area (Å²) in [6, 6.07) is 0. The molecular weight excluding hydrogens is 212 g/mol. The minimum absolute atomic E-state index is 0.292. The zero-order valence-corrected chi connectivity index (χ0v) is 11.3. The molecule has 0 atom stereocenters. The number of nitrogens with zero attached hydrogens (tertiary/aromatic N) is 1. The lowest BCUT2D eigenvalue weighted by Gasteiger charge is -2.29. The van der Waals surface area contributed by atoms with Gasteiger partial charge in [0.2, 0.25) is 5.91 Å².